The summed E-state index contributed by atoms with van der Waals surface area (Å²) in [5.41, 5.74) is -1.64. The van der Waals surface area contributed by atoms with E-state index >= 15 is 0 Å². The summed E-state index contributed by atoms with van der Waals surface area (Å²) in [5.74, 6) is -0.666. The van der Waals surface area contributed by atoms with Gasteiger partial charge in [0, 0.05) is 5.92 Å². The molecular weight excluding hydrogens is 592 g/mol. The fourth-order valence-corrected chi connectivity index (χ4v) is 12.1. The molecule has 6 rings (SSSR count). The number of hydrogen-bond acceptors (Lipinski definition) is 10. The monoisotopic (exact) mass is 650 g/mol. The molecule has 46 heavy (non-hydrogen) atoms. The molecule has 0 unspecified atom stereocenters. The Morgan fingerprint density at radius 3 is 2.15 bits per heavy atom. The van der Waals surface area contributed by atoms with Crippen molar-refractivity contribution in [3.05, 3.63) is 11.6 Å². The highest BCUT2D eigenvalue weighted by Crippen LogP contribution is 2.75. The summed E-state index contributed by atoms with van der Waals surface area (Å²) in [6.07, 6.45) is -2.48. The van der Waals surface area contributed by atoms with Crippen LogP contribution in [0.1, 0.15) is 99.8 Å². The number of aliphatic hydroxyl groups excluding tert-OH is 7. The van der Waals surface area contributed by atoms with Crippen molar-refractivity contribution in [3.63, 3.8) is 0 Å². The van der Waals surface area contributed by atoms with E-state index in [1.54, 1.807) is 0 Å². The summed E-state index contributed by atoms with van der Waals surface area (Å²) in [7, 11) is 0. The van der Waals surface area contributed by atoms with Crippen LogP contribution in [-0.4, -0.2) is 97.3 Å². The molecule has 4 saturated carbocycles. The van der Waals surface area contributed by atoms with Gasteiger partial charge in [0.25, 0.3) is 0 Å². The number of esters is 1. The Bertz CT molecular complexity index is 1250. The number of carbonyl (C=O) groups is 1. The highest BCUT2D eigenvalue weighted by Gasteiger charge is 2.71. The lowest BCUT2D eigenvalue weighted by molar-refractivity contribution is -0.298. The largest absolute Gasteiger partial charge is 0.432 e. The second-order valence-electron chi connectivity index (χ2n) is 18.0. The minimum atomic E-state index is -1.70. The lowest BCUT2D eigenvalue weighted by Gasteiger charge is -2.71. The highest BCUT2D eigenvalue weighted by molar-refractivity contribution is 5.79. The molecule has 1 heterocycles. The van der Waals surface area contributed by atoms with Crippen molar-refractivity contribution in [3.8, 4) is 0 Å². The zero-order valence-corrected chi connectivity index (χ0v) is 28.6. The number of hydrogen-bond donors (Lipinski definition) is 7. The van der Waals surface area contributed by atoms with Crippen molar-refractivity contribution >= 4 is 5.97 Å². The summed E-state index contributed by atoms with van der Waals surface area (Å²) in [4.78, 5) is 14.4. The Hall–Kier alpha value is -1.11. The summed E-state index contributed by atoms with van der Waals surface area (Å²) in [6.45, 7) is 14.6. The van der Waals surface area contributed by atoms with Crippen LogP contribution in [0.5, 0.6) is 0 Å². The third-order valence-electron chi connectivity index (χ3n) is 15.3. The molecule has 0 radical (unpaired) electrons. The number of fused-ring (bicyclic) bond motifs is 7. The van der Waals surface area contributed by atoms with Gasteiger partial charge in [-0.1, -0.05) is 60.1 Å². The average molecular weight is 651 g/mol. The van der Waals surface area contributed by atoms with Crippen LogP contribution in [0.2, 0.25) is 0 Å². The maximum Gasteiger partial charge on any atom is 0.315 e. The van der Waals surface area contributed by atoms with E-state index < -0.39 is 83.8 Å². The molecule has 10 heteroatoms. The van der Waals surface area contributed by atoms with Crippen molar-refractivity contribution in [1.29, 1.82) is 0 Å². The van der Waals surface area contributed by atoms with E-state index in [1.165, 1.54) is 0 Å². The molecule has 0 aromatic carbocycles. The Labute approximate surface area is 273 Å². The number of ether oxygens (including phenoxy) is 2. The van der Waals surface area contributed by atoms with Crippen molar-refractivity contribution in [2.45, 2.75) is 149 Å². The van der Waals surface area contributed by atoms with Gasteiger partial charge in [0.15, 0.2) is 0 Å². The molecule has 5 fully saturated rings. The first-order chi connectivity index (χ1) is 21.2. The van der Waals surface area contributed by atoms with Gasteiger partial charge in [-0.25, -0.2) is 0 Å². The lowest BCUT2D eigenvalue weighted by atomic mass is 9.33. The summed E-state index contributed by atoms with van der Waals surface area (Å²) < 4.78 is 11.4. The van der Waals surface area contributed by atoms with Crippen molar-refractivity contribution < 1.29 is 50.0 Å². The molecule has 1 aliphatic heterocycles. The van der Waals surface area contributed by atoms with E-state index in [4.69, 9.17) is 9.47 Å². The molecule has 262 valence electrons. The van der Waals surface area contributed by atoms with Gasteiger partial charge in [-0.3, -0.25) is 4.79 Å². The van der Waals surface area contributed by atoms with Gasteiger partial charge in [0.1, 0.15) is 24.4 Å². The zero-order chi connectivity index (χ0) is 34.0. The van der Waals surface area contributed by atoms with E-state index in [-0.39, 0.29) is 28.1 Å². The topological polar surface area (TPSA) is 177 Å². The molecule has 6 aliphatic rings. The van der Waals surface area contributed by atoms with E-state index in [0.29, 0.717) is 32.1 Å². The molecule has 0 amide bonds. The van der Waals surface area contributed by atoms with Crippen LogP contribution in [0.3, 0.4) is 0 Å². The predicted octanol–water partition coefficient (Wildman–Crippen LogP) is 2.43. The van der Waals surface area contributed by atoms with Gasteiger partial charge in [-0.2, -0.15) is 0 Å². The maximum absolute atomic E-state index is 14.4. The first-order valence-electron chi connectivity index (χ1n) is 17.5. The average Bonchev–Trinajstić information content (AvgIpc) is 2.98. The SMILES string of the molecule is CC1(C)CC[C@]2(C(=O)O[C@@H]3O[C@H](CO)[C@@H](O)[C@H](O)[C@H]3O)CC[C@]3(C)C(=CC[C@@H]4[C@@]5(C)C[C@@H](O)[C@H](O)C(C)(C)[C@@H]5CC[C@]43C)[C@@H]2[C@@H]1O. The third-order valence-corrected chi connectivity index (χ3v) is 15.3. The smallest absolute Gasteiger partial charge is 0.315 e. The zero-order valence-electron chi connectivity index (χ0n) is 28.6. The quantitative estimate of drug-likeness (QED) is 0.177. The fourth-order valence-electron chi connectivity index (χ4n) is 12.1. The van der Waals surface area contributed by atoms with E-state index in [1.807, 2.05) is 13.8 Å². The Kier molecular flexibility index (Phi) is 8.27. The Morgan fingerprint density at radius 2 is 1.50 bits per heavy atom. The van der Waals surface area contributed by atoms with Crippen molar-refractivity contribution in [2.75, 3.05) is 6.61 Å². The van der Waals surface area contributed by atoms with E-state index in [9.17, 15) is 40.5 Å². The van der Waals surface area contributed by atoms with E-state index in [0.717, 1.165) is 24.8 Å². The number of aliphatic hydroxyl groups is 7. The van der Waals surface area contributed by atoms with Crippen LogP contribution in [-0.2, 0) is 14.3 Å². The molecular formula is C36H58O10. The normalized spacial score (nSPS) is 54.3. The minimum Gasteiger partial charge on any atom is -0.432 e. The molecule has 7 N–H and O–H groups in total. The molecule has 0 spiro atoms. The van der Waals surface area contributed by atoms with Gasteiger partial charge >= 0.3 is 5.97 Å². The lowest BCUT2D eigenvalue weighted by Crippen LogP contribution is -2.68. The number of rotatable bonds is 3. The summed E-state index contributed by atoms with van der Waals surface area (Å²) >= 11 is 0. The molecule has 0 aromatic heterocycles. The summed E-state index contributed by atoms with van der Waals surface area (Å²) in [5, 5.41) is 75.3. The van der Waals surface area contributed by atoms with Gasteiger partial charge in [-0.05, 0) is 90.3 Å². The van der Waals surface area contributed by atoms with Crippen LogP contribution in [0, 0.1) is 50.2 Å². The van der Waals surface area contributed by atoms with Crippen molar-refractivity contribution in [2.24, 2.45) is 50.2 Å². The van der Waals surface area contributed by atoms with Crippen LogP contribution >= 0.6 is 0 Å². The molecule has 15 atom stereocenters. The van der Waals surface area contributed by atoms with Crippen LogP contribution in [0.4, 0.5) is 0 Å². The molecule has 1 saturated heterocycles. The summed E-state index contributed by atoms with van der Waals surface area (Å²) in [6, 6.07) is 0. The predicted molar refractivity (Wildman–Crippen MR) is 168 cm³/mol. The Balaban J connectivity index is 1.39. The van der Waals surface area contributed by atoms with Crippen LogP contribution in [0.15, 0.2) is 11.6 Å². The number of carbonyl (C=O) groups excluding carboxylic acids is 1. The standard InChI is InChI=1S/C36H58O10/c1-31(2)12-14-36(30(44)46-29-26(41)25(40)24(39)20(17-37)45-29)15-13-34(6)18(23(36)28(31)43)8-9-22-33(5)16-19(38)27(42)32(3,4)21(33)10-11-35(22,34)7/h8,19-29,37-43H,9-17H2,1-7H3/t19-,20-,21+,22-,23-,24-,25+,26-,27+,28+,29+,33+,34-,35-,36+/m1/s1. The second kappa shape index (κ2) is 10.9. The first kappa shape index (κ1) is 34.7. The molecule has 0 bridgehead atoms. The third kappa shape index (κ3) is 4.46. The highest BCUT2D eigenvalue weighted by atomic mass is 16.7. The van der Waals surface area contributed by atoms with Crippen molar-refractivity contribution in [1.82, 2.24) is 0 Å². The second-order valence-corrected chi connectivity index (χ2v) is 18.0. The van der Waals surface area contributed by atoms with E-state index in [2.05, 4.69) is 40.7 Å². The fraction of sp³-hybridized carbons (Fsp3) is 0.917. The van der Waals surface area contributed by atoms with Gasteiger partial charge in [0.2, 0.25) is 6.29 Å². The van der Waals surface area contributed by atoms with Gasteiger partial charge in [0.05, 0.1) is 30.3 Å². The van der Waals surface area contributed by atoms with Crippen LogP contribution < -0.4 is 0 Å². The van der Waals surface area contributed by atoms with Gasteiger partial charge in [-0.15, -0.1) is 0 Å². The molecule has 0 aromatic rings. The maximum atomic E-state index is 14.4. The minimum absolute atomic E-state index is 0.185. The Morgan fingerprint density at radius 1 is 0.848 bits per heavy atom. The first-order valence-corrected chi connectivity index (χ1v) is 17.5. The number of allylic oxidation sites excluding steroid dienone is 1. The van der Waals surface area contributed by atoms with Crippen LogP contribution in [0.25, 0.3) is 0 Å². The van der Waals surface area contributed by atoms with Gasteiger partial charge < -0.3 is 45.2 Å². The molecule has 10 nitrogen and oxygen atoms in total. The molecule has 5 aliphatic carbocycles.